The fourth-order valence-electron chi connectivity index (χ4n) is 1.88. The van der Waals surface area contributed by atoms with Crippen LogP contribution in [0, 0.1) is 11.3 Å². The van der Waals surface area contributed by atoms with Crippen LogP contribution in [-0.4, -0.2) is 19.6 Å². The van der Waals surface area contributed by atoms with Crippen molar-refractivity contribution in [1.29, 1.82) is 5.26 Å². The number of anilines is 1. The van der Waals surface area contributed by atoms with Gasteiger partial charge in [0.2, 0.25) is 0 Å². The zero-order valence-electron chi connectivity index (χ0n) is 12.2. The number of hydrogen-bond acceptors (Lipinski definition) is 4. The van der Waals surface area contributed by atoms with Crippen LogP contribution in [0.4, 0.5) is 5.69 Å². The Labute approximate surface area is 129 Å². The summed E-state index contributed by atoms with van der Waals surface area (Å²) in [5.74, 6) is 0.902. The molecule has 0 aliphatic rings. The third-order valence-electron chi connectivity index (χ3n) is 2.96. The van der Waals surface area contributed by atoms with Crippen molar-refractivity contribution in [2.75, 3.05) is 19.0 Å². The molecule has 5 nitrogen and oxygen atoms in total. The molecule has 2 rings (SSSR count). The fourth-order valence-corrected chi connectivity index (χ4v) is 1.88. The molecule has 0 bridgehead atoms. The molecular formula is C17H16N2O3. The monoisotopic (exact) mass is 296 g/mol. The third kappa shape index (κ3) is 4.25. The van der Waals surface area contributed by atoms with Gasteiger partial charge in [-0.15, -0.1) is 0 Å². The molecule has 0 aliphatic heterocycles. The SMILES string of the molecule is COc1ccccc1NC(=O)COc1ccc(CC#N)cc1. The smallest absolute Gasteiger partial charge is 0.262 e. The van der Waals surface area contributed by atoms with E-state index in [1.807, 2.05) is 12.1 Å². The highest BCUT2D eigenvalue weighted by Gasteiger charge is 2.07. The van der Waals surface area contributed by atoms with Gasteiger partial charge in [-0.2, -0.15) is 5.26 Å². The molecular weight excluding hydrogens is 280 g/mol. The number of nitrogens with one attached hydrogen (secondary N) is 1. The summed E-state index contributed by atoms with van der Waals surface area (Å²) in [5.41, 5.74) is 1.51. The molecule has 1 N–H and O–H groups in total. The fraction of sp³-hybridized carbons (Fsp3) is 0.176. The first kappa shape index (κ1) is 15.4. The van der Waals surface area contributed by atoms with Crippen molar-refractivity contribution in [3.05, 3.63) is 54.1 Å². The van der Waals surface area contributed by atoms with Crippen molar-refractivity contribution < 1.29 is 14.3 Å². The maximum Gasteiger partial charge on any atom is 0.262 e. The topological polar surface area (TPSA) is 71.3 Å². The van der Waals surface area contributed by atoms with E-state index in [0.717, 1.165) is 5.56 Å². The number of nitrogens with zero attached hydrogens (tertiary/aromatic N) is 1. The number of carbonyl (C=O) groups excluding carboxylic acids is 1. The minimum Gasteiger partial charge on any atom is -0.495 e. The highest BCUT2D eigenvalue weighted by atomic mass is 16.5. The van der Waals surface area contributed by atoms with Crippen LogP contribution in [0.15, 0.2) is 48.5 Å². The summed E-state index contributed by atoms with van der Waals surface area (Å²) < 4.78 is 10.6. The first-order valence-corrected chi connectivity index (χ1v) is 6.74. The summed E-state index contributed by atoms with van der Waals surface area (Å²) >= 11 is 0. The first-order valence-electron chi connectivity index (χ1n) is 6.74. The number of methoxy groups -OCH3 is 1. The van der Waals surface area contributed by atoms with Crippen LogP contribution in [0.3, 0.4) is 0 Å². The Bertz CT molecular complexity index is 675. The van der Waals surface area contributed by atoms with Gasteiger partial charge in [-0.3, -0.25) is 4.79 Å². The molecule has 5 heteroatoms. The van der Waals surface area contributed by atoms with E-state index in [2.05, 4.69) is 11.4 Å². The Morgan fingerprint density at radius 2 is 1.91 bits per heavy atom. The molecule has 0 fully saturated rings. The van der Waals surface area contributed by atoms with E-state index in [1.165, 1.54) is 0 Å². The van der Waals surface area contributed by atoms with E-state index < -0.39 is 0 Å². The zero-order valence-corrected chi connectivity index (χ0v) is 12.2. The van der Waals surface area contributed by atoms with E-state index in [-0.39, 0.29) is 12.5 Å². The lowest BCUT2D eigenvalue weighted by molar-refractivity contribution is -0.118. The van der Waals surface area contributed by atoms with Crippen LogP contribution in [0.2, 0.25) is 0 Å². The van der Waals surface area contributed by atoms with Crippen molar-refractivity contribution in [2.45, 2.75) is 6.42 Å². The van der Waals surface area contributed by atoms with Gasteiger partial charge in [0.25, 0.3) is 5.91 Å². The summed E-state index contributed by atoms with van der Waals surface area (Å²) in [6.07, 6.45) is 0.356. The Kier molecular flexibility index (Phi) is 5.38. The number of amides is 1. The Hall–Kier alpha value is -3.00. The number of para-hydroxylation sites is 2. The molecule has 0 radical (unpaired) electrons. The molecule has 0 saturated carbocycles. The molecule has 2 aromatic carbocycles. The van der Waals surface area contributed by atoms with E-state index in [1.54, 1.807) is 43.5 Å². The largest absolute Gasteiger partial charge is 0.495 e. The molecule has 2 aromatic rings. The van der Waals surface area contributed by atoms with Gasteiger partial charge in [0.15, 0.2) is 6.61 Å². The predicted octanol–water partition coefficient (Wildman–Crippen LogP) is 2.78. The summed E-state index contributed by atoms with van der Waals surface area (Å²) in [5, 5.41) is 11.3. The van der Waals surface area contributed by atoms with Gasteiger partial charge in [-0.05, 0) is 29.8 Å². The minimum atomic E-state index is -0.273. The standard InChI is InChI=1S/C17H16N2O3/c1-21-16-5-3-2-4-15(16)19-17(20)12-22-14-8-6-13(7-9-14)10-11-18/h2-9H,10,12H2,1H3,(H,19,20). The van der Waals surface area contributed by atoms with E-state index in [9.17, 15) is 4.79 Å². The number of hydrogen-bond donors (Lipinski definition) is 1. The second-order valence-electron chi connectivity index (χ2n) is 4.52. The van der Waals surface area contributed by atoms with Gasteiger partial charge < -0.3 is 14.8 Å². The third-order valence-corrected chi connectivity index (χ3v) is 2.96. The number of rotatable bonds is 6. The van der Waals surface area contributed by atoms with Crippen molar-refractivity contribution in [3.63, 3.8) is 0 Å². The lowest BCUT2D eigenvalue weighted by Gasteiger charge is -2.10. The van der Waals surface area contributed by atoms with Gasteiger partial charge in [0.05, 0.1) is 25.3 Å². The molecule has 112 valence electrons. The van der Waals surface area contributed by atoms with Gasteiger partial charge in [-0.25, -0.2) is 0 Å². The van der Waals surface area contributed by atoms with Gasteiger partial charge >= 0.3 is 0 Å². The maximum absolute atomic E-state index is 11.9. The summed E-state index contributed by atoms with van der Waals surface area (Å²) in [6.45, 7) is -0.102. The van der Waals surface area contributed by atoms with E-state index >= 15 is 0 Å². The lowest BCUT2D eigenvalue weighted by atomic mass is 10.2. The molecule has 0 heterocycles. The molecule has 1 amide bonds. The van der Waals surface area contributed by atoms with Crippen LogP contribution >= 0.6 is 0 Å². The number of nitriles is 1. The molecule has 0 spiro atoms. The average molecular weight is 296 g/mol. The Balaban J connectivity index is 1.88. The van der Waals surface area contributed by atoms with Crippen LogP contribution in [-0.2, 0) is 11.2 Å². The van der Waals surface area contributed by atoms with E-state index in [0.29, 0.717) is 23.6 Å². The normalized spacial score (nSPS) is 9.64. The quantitative estimate of drug-likeness (QED) is 0.889. The summed E-state index contributed by atoms with van der Waals surface area (Å²) in [4.78, 5) is 11.9. The lowest BCUT2D eigenvalue weighted by Crippen LogP contribution is -2.20. The zero-order chi connectivity index (χ0) is 15.8. The number of benzene rings is 2. The number of carbonyl (C=O) groups is 1. The second kappa shape index (κ2) is 7.70. The maximum atomic E-state index is 11.9. The van der Waals surface area contributed by atoms with Gasteiger partial charge in [0.1, 0.15) is 11.5 Å². The van der Waals surface area contributed by atoms with Gasteiger partial charge in [-0.1, -0.05) is 24.3 Å². The molecule has 0 atom stereocenters. The summed E-state index contributed by atoms with van der Waals surface area (Å²) in [7, 11) is 1.55. The van der Waals surface area contributed by atoms with Crippen molar-refractivity contribution in [2.24, 2.45) is 0 Å². The average Bonchev–Trinajstić information content (AvgIpc) is 2.55. The molecule has 0 saturated heterocycles. The highest BCUT2D eigenvalue weighted by molar-refractivity contribution is 5.93. The Morgan fingerprint density at radius 1 is 1.18 bits per heavy atom. The van der Waals surface area contributed by atoms with Crippen molar-refractivity contribution in [3.8, 4) is 17.6 Å². The van der Waals surface area contributed by atoms with Crippen LogP contribution in [0.5, 0.6) is 11.5 Å². The second-order valence-corrected chi connectivity index (χ2v) is 4.52. The highest BCUT2D eigenvalue weighted by Crippen LogP contribution is 2.22. The Morgan fingerprint density at radius 3 is 2.59 bits per heavy atom. The first-order chi connectivity index (χ1) is 10.7. The molecule has 0 aliphatic carbocycles. The van der Waals surface area contributed by atoms with E-state index in [4.69, 9.17) is 14.7 Å². The van der Waals surface area contributed by atoms with Gasteiger partial charge in [0, 0.05) is 0 Å². The van der Waals surface area contributed by atoms with Crippen LogP contribution in [0.25, 0.3) is 0 Å². The van der Waals surface area contributed by atoms with Crippen molar-refractivity contribution in [1.82, 2.24) is 0 Å². The molecule has 22 heavy (non-hydrogen) atoms. The van der Waals surface area contributed by atoms with Crippen LogP contribution < -0.4 is 14.8 Å². The minimum absolute atomic E-state index is 0.102. The molecule has 0 unspecified atom stereocenters. The predicted molar refractivity (Wildman–Crippen MR) is 82.9 cm³/mol. The van der Waals surface area contributed by atoms with Crippen LogP contribution in [0.1, 0.15) is 5.56 Å². The molecule has 0 aromatic heterocycles. The summed E-state index contributed by atoms with van der Waals surface area (Å²) in [6, 6.07) is 16.3. The van der Waals surface area contributed by atoms with Crippen molar-refractivity contribution >= 4 is 11.6 Å². The number of ether oxygens (including phenoxy) is 2.